The highest BCUT2D eigenvalue weighted by molar-refractivity contribution is 8.10. The fraction of sp³-hybridized carbons (Fsp3) is 1.00. The molecule has 2 aliphatic rings. The predicted molar refractivity (Wildman–Crippen MR) is 87.1 cm³/mol. The zero-order valence-corrected chi connectivity index (χ0v) is 17.6. The minimum absolute atomic E-state index is 0.674. The van der Waals surface area contributed by atoms with Gasteiger partial charge in [0.1, 0.15) is 24.9 Å². The molecule has 0 bridgehead atoms. The Morgan fingerprint density at radius 2 is 1.63 bits per heavy atom. The first-order valence-electron chi connectivity index (χ1n) is 6.86. The van der Waals surface area contributed by atoms with Gasteiger partial charge < -0.3 is 14.2 Å². The van der Waals surface area contributed by atoms with Crippen LogP contribution in [0.1, 0.15) is 13.8 Å². The Labute approximate surface area is 164 Å². The molecule has 27 heavy (non-hydrogen) atoms. The molecule has 2 heterocycles. The van der Waals surface area contributed by atoms with Crippen molar-refractivity contribution in [1.29, 1.82) is 0 Å². The van der Waals surface area contributed by atoms with Crippen LogP contribution in [0.15, 0.2) is 0 Å². The van der Waals surface area contributed by atoms with Gasteiger partial charge in [-0.25, -0.2) is 13.5 Å². The van der Waals surface area contributed by atoms with Crippen LogP contribution < -0.4 is 5.14 Å². The number of hydrogen-bond acceptors (Lipinski definition) is 12. The third kappa shape index (κ3) is 6.58. The lowest BCUT2D eigenvalue weighted by Gasteiger charge is -2.42. The van der Waals surface area contributed by atoms with Crippen LogP contribution in [0.25, 0.3) is 0 Å². The molecule has 0 amide bonds. The van der Waals surface area contributed by atoms with Crippen LogP contribution in [0.3, 0.4) is 0 Å². The molecule has 18 heteroatoms. The minimum atomic E-state index is -4.68. The van der Waals surface area contributed by atoms with E-state index in [9.17, 15) is 25.3 Å². The molecule has 0 unspecified atom stereocenters. The molecule has 160 valence electrons. The summed E-state index contributed by atoms with van der Waals surface area (Å²) in [6.07, 6.45) is -4.97. The zero-order valence-electron chi connectivity index (χ0n) is 13.6. The van der Waals surface area contributed by atoms with Crippen molar-refractivity contribution in [2.45, 2.75) is 43.7 Å². The zero-order chi connectivity index (χ0) is 20.9. The second kappa shape index (κ2) is 7.44. The van der Waals surface area contributed by atoms with E-state index in [1.54, 1.807) is 0 Å². The van der Waals surface area contributed by atoms with Gasteiger partial charge in [0.2, 0.25) is 5.79 Å². The van der Waals surface area contributed by atoms with Crippen LogP contribution in [0.5, 0.6) is 0 Å². The lowest BCUT2D eigenvalue weighted by atomic mass is 9.98. The molecule has 0 radical (unpaired) electrons. The lowest BCUT2D eigenvalue weighted by molar-refractivity contribution is -0.295. The molecule has 0 aromatic carbocycles. The number of halogens is 2. The van der Waals surface area contributed by atoms with E-state index in [1.807, 2.05) is 0 Å². The third-order valence-corrected chi connectivity index (χ3v) is 5.12. The maximum Gasteiger partial charge on any atom is 0.356 e. The van der Waals surface area contributed by atoms with Crippen molar-refractivity contribution in [3.63, 3.8) is 0 Å². The topological polar surface area (TPSA) is 184 Å². The van der Waals surface area contributed by atoms with Gasteiger partial charge in [-0.2, -0.15) is 25.3 Å². The van der Waals surface area contributed by atoms with Gasteiger partial charge in [-0.1, -0.05) is 0 Å². The molecule has 4 atom stereocenters. The van der Waals surface area contributed by atoms with E-state index in [1.165, 1.54) is 13.8 Å². The summed E-state index contributed by atoms with van der Waals surface area (Å²) < 4.78 is 97.6. The average molecular weight is 496 g/mol. The summed E-state index contributed by atoms with van der Waals surface area (Å²) in [6.45, 7) is 1.22. The van der Waals surface area contributed by atoms with Crippen LogP contribution in [-0.2, 0) is 55.7 Å². The monoisotopic (exact) mass is 495 g/mol. The first-order valence-corrected chi connectivity index (χ1v) is 12.8. The van der Waals surface area contributed by atoms with E-state index < -0.39 is 72.1 Å². The molecule has 2 saturated heterocycles. The third-order valence-electron chi connectivity index (χ3n) is 3.31. The van der Waals surface area contributed by atoms with Gasteiger partial charge >= 0.3 is 29.0 Å². The van der Waals surface area contributed by atoms with Crippen molar-refractivity contribution in [2.75, 3.05) is 13.2 Å². The molecular weight excluding hydrogens is 481 g/mol. The van der Waals surface area contributed by atoms with Crippen molar-refractivity contribution < 1.29 is 52.0 Å². The molecule has 13 nitrogen and oxygen atoms in total. The maximum absolute atomic E-state index is 11.4. The summed E-state index contributed by atoms with van der Waals surface area (Å²) in [7, 11) is -3.61. The van der Waals surface area contributed by atoms with E-state index >= 15 is 0 Å². The van der Waals surface area contributed by atoms with E-state index in [2.05, 4.69) is 12.5 Å². The number of ether oxygens (including phenoxy) is 3. The van der Waals surface area contributed by atoms with Crippen molar-refractivity contribution >= 4 is 50.3 Å². The Morgan fingerprint density at radius 3 is 2.11 bits per heavy atom. The molecule has 2 N–H and O–H groups in total. The van der Waals surface area contributed by atoms with E-state index in [-0.39, 0.29) is 0 Å². The predicted octanol–water partition coefficient (Wildman–Crippen LogP) is -1.18. The maximum atomic E-state index is 11.4. The highest BCUT2D eigenvalue weighted by atomic mass is 35.7. The van der Waals surface area contributed by atoms with E-state index in [0.29, 0.717) is 0 Å². The Morgan fingerprint density at radius 1 is 1.07 bits per heavy atom. The standard InChI is InChI=1S/C9H15Cl2NO12S3/c1-8(2)21-7-6(23-26(11,15)16)5(22-25(10,13)14)3-19-9(7,24-8)4-20-27(12,17)18/h5-7H,3-4H2,1-2H3,(H2,12,17,18)/t5-,6-,7+,9+/m1/s1. The molecule has 2 rings (SSSR count). The van der Waals surface area contributed by atoms with E-state index in [0.717, 1.165) is 0 Å². The molecule has 0 spiro atoms. The summed E-state index contributed by atoms with van der Waals surface area (Å²) in [4.78, 5) is 0. The minimum Gasteiger partial charge on any atom is -0.343 e. The first-order chi connectivity index (χ1) is 11.9. The first kappa shape index (κ1) is 23.4. The lowest BCUT2D eigenvalue weighted by Crippen LogP contribution is -2.63. The van der Waals surface area contributed by atoms with Gasteiger partial charge in [-0.15, -0.1) is 0 Å². The van der Waals surface area contributed by atoms with Crippen LogP contribution >= 0.6 is 21.4 Å². The molecule has 0 aromatic heterocycles. The Balaban J connectivity index is 2.43. The Bertz CT molecular complexity index is 887. The van der Waals surface area contributed by atoms with Gasteiger partial charge in [-0.3, -0.25) is 4.18 Å². The summed E-state index contributed by atoms with van der Waals surface area (Å²) >= 11 is 0. The fourth-order valence-corrected chi connectivity index (χ4v) is 4.44. The molecule has 2 fully saturated rings. The second-order valence-corrected chi connectivity index (χ2v) is 11.3. The van der Waals surface area contributed by atoms with Gasteiger partial charge in [-0.05, 0) is 13.8 Å². The van der Waals surface area contributed by atoms with Gasteiger partial charge in [0, 0.05) is 21.4 Å². The second-order valence-electron chi connectivity index (χ2n) is 5.90. The number of nitrogens with two attached hydrogens (primary N) is 1. The van der Waals surface area contributed by atoms with Crippen LogP contribution in [-0.4, -0.2) is 68.4 Å². The van der Waals surface area contributed by atoms with Crippen molar-refractivity contribution in [3.05, 3.63) is 0 Å². The van der Waals surface area contributed by atoms with Gasteiger partial charge in [0.15, 0.2) is 5.79 Å². The fourth-order valence-electron chi connectivity index (χ4n) is 2.63. The van der Waals surface area contributed by atoms with Gasteiger partial charge in [0.25, 0.3) is 0 Å². The molecule has 0 aromatic rings. The Kier molecular flexibility index (Phi) is 6.46. The highest BCUT2D eigenvalue weighted by Gasteiger charge is 2.64. The number of rotatable bonds is 7. The smallest absolute Gasteiger partial charge is 0.343 e. The van der Waals surface area contributed by atoms with Crippen molar-refractivity contribution in [3.8, 4) is 0 Å². The van der Waals surface area contributed by atoms with Crippen LogP contribution in [0.4, 0.5) is 0 Å². The summed E-state index contributed by atoms with van der Waals surface area (Å²) in [6, 6.07) is 0. The number of hydrogen-bond donors (Lipinski definition) is 1. The Hall–Kier alpha value is 0.150. The summed E-state index contributed by atoms with van der Waals surface area (Å²) in [5.74, 6) is -3.50. The average Bonchev–Trinajstić information content (AvgIpc) is 2.68. The quantitative estimate of drug-likeness (QED) is 0.417. The summed E-state index contributed by atoms with van der Waals surface area (Å²) in [5, 5.41) is 4.78. The normalized spacial score (nSPS) is 34.3. The summed E-state index contributed by atoms with van der Waals surface area (Å²) in [5.41, 5.74) is 0. The SMILES string of the molecule is CC1(C)O[C@H]2[C@H](OS(=O)(=O)Cl)[C@H](OS(=O)(=O)Cl)CO[C@@]2(COS(N)(=O)=O)O1. The molecule has 0 aliphatic carbocycles. The largest absolute Gasteiger partial charge is 0.356 e. The van der Waals surface area contributed by atoms with Crippen molar-refractivity contribution in [1.82, 2.24) is 0 Å². The molecule has 0 saturated carbocycles. The number of fused-ring (bicyclic) bond motifs is 1. The molecular formula is C9H15Cl2NO12S3. The van der Waals surface area contributed by atoms with E-state index in [4.69, 9.17) is 40.7 Å². The van der Waals surface area contributed by atoms with Crippen LogP contribution in [0.2, 0.25) is 0 Å². The highest BCUT2D eigenvalue weighted by Crippen LogP contribution is 2.44. The van der Waals surface area contributed by atoms with Crippen LogP contribution in [0, 0.1) is 0 Å². The molecule has 2 aliphatic heterocycles. The van der Waals surface area contributed by atoms with Crippen molar-refractivity contribution in [2.24, 2.45) is 5.14 Å². The van der Waals surface area contributed by atoms with Gasteiger partial charge in [0.05, 0.1) is 6.61 Å².